The van der Waals surface area contributed by atoms with Crippen LogP contribution in [-0.4, -0.2) is 45.9 Å². The van der Waals surface area contributed by atoms with Crippen LogP contribution >= 0.6 is 24.0 Å². The van der Waals surface area contributed by atoms with Gasteiger partial charge in [0.2, 0.25) is 0 Å². The summed E-state index contributed by atoms with van der Waals surface area (Å²) < 4.78 is 10.9. The van der Waals surface area contributed by atoms with Gasteiger partial charge in [-0.2, -0.15) is 0 Å². The fraction of sp³-hybridized carbons (Fsp3) is 0.550. The molecule has 26 heavy (non-hydrogen) atoms. The fourth-order valence-corrected chi connectivity index (χ4v) is 3.65. The predicted octanol–water partition coefficient (Wildman–Crippen LogP) is 3.25. The first-order chi connectivity index (χ1) is 12.3. The maximum Gasteiger partial charge on any atom is 0.191 e. The standard InChI is InChI=1S/C20H29N3O2.HI/c1-21-19(23-17-5-3-4-6-17)22-15-20(11-13-25-14-12-20)16-7-9-18(24-2)10-8-16;/h3-4,7-10,17H,5-6,11-15H2,1-2H3,(H2,21,22,23);1H. The first kappa shape index (κ1) is 21.0. The van der Waals surface area contributed by atoms with E-state index in [-0.39, 0.29) is 29.4 Å². The van der Waals surface area contributed by atoms with Gasteiger partial charge in [0, 0.05) is 38.3 Å². The second kappa shape index (κ2) is 10.2. The largest absolute Gasteiger partial charge is 0.497 e. The number of guanidine groups is 1. The molecule has 1 heterocycles. The highest BCUT2D eigenvalue weighted by molar-refractivity contribution is 14.0. The van der Waals surface area contributed by atoms with Crippen molar-refractivity contribution in [2.75, 3.05) is 33.9 Å². The third-order valence-corrected chi connectivity index (χ3v) is 5.32. The highest BCUT2D eigenvalue weighted by atomic mass is 127. The molecular weight excluding hydrogens is 441 g/mol. The Hall–Kier alpha value is -1.28. The summed E-state index contributed by atoms with van der Waals surface area (Å²) in [4.78, 5) is 4.40. The second-order valence-electron chi connectivity index (χ2n) is 6.83. The SMILES string of the molecule is CN=C(NCC1(c2ccc(OC)cc2)CCOCC1)NC1CC=CC1.I. The van der Waals surface area contributed by atoms with Crippen LogP contribution in [0, 0.1) is 0 Å². The number of nitrogens with one attached hydrogen (secondary N) is 2. The van der Waals surface area contributed by atoms with Crippen LogP contribution in [0.15, 0.2) is 41.4 Å². The van der Waals surface area contributed by atoms with Gasteiger partial charge in [0.05, 0.1) is 7.11 Å². The molecule has 0 spiro atoms. The molecule has 2 N–H and O–H groups in total. The Morgan fingerprint density at radius 1 is 1.19 bits per heavy atom. The number of halogens is 1. The van der Waals surface area contributed by atoms with E-state index in [4.69, 9.17) is 9.47 Å². The topological polar surface area (TPSA) is 54.9 Å². The highest BCUT2D eigenvalue weighted by Gasteiger charge is 2.34. The van der Waals surface area contributed by atoms with E-state index in [9.17, 15) is 0 Å². The van der Waals surface area contributed by atoms with Gasteiger partial charge in [-0.25, -0.2) is 0 Å². The van der Waals surface area contributed by atoms with E-state index in [2.05, 4.69) is 39.9 Å². The quantitative estimate of drug-likeness (QED) is 0.300. The van der Waals surface area contributed by atoms with Gasteiger partial charge >= 0.3 is 0 Å². The molecule has 0 unspecified atom stereocenters. The zero-order chi connectivity index (χ0) is 17.5. The summed E-state index contributed by atoms with van der Waals surface area (Å²) in [5.74, 6) is 1.78. The minimum absolute atomic E-state index is 0. The van der Waals surface area contributed by atoms with Gasteiger partial charge in [0.1, 0.15) is 5.75 Å². The summed E-state index contributed by atoms with van der Waals surface area (Å²) in [6.45, 7) is 2.45. The van der Waals surface area contributed by atoms with Gasteiger partial charge in [0.25, 0.3) is 0 Å². The first-order valence-corrected chi connectivity index (χ1v) is 9.10. The van der Waals surface area contributed by atoms with Crippen LogP contribution in [0.25, 0.3) is 0 Å². The smallest absolute Gasteiger partial charge is 0.191 e. The predicted molar refractivity (Wildman–Crippen MR) is 117 cm³/mol. The summed E-state index contributed by atoms with van der Waals surface area (Å²) in [6, 6.07) is 8.91. The van der Waals surface area contributed by atoms with Crippen LogP contribution in [0.1, 0.15) is 31.2 Å². The molecule has 0 amide bonds. The molecular formula is C20H30IN3O2. The molecule has 0 radical (unpaired) electrons. The number of nitrogens with zero attached hydrogens (tertiary/aromatic N) is 1. The summed E-state index contributed by atoms with van der Waals surface area (Å²) in [7, 11) is 3.54. The molecule has 0 saturated carbocycles. The van der Waals surface area contributed by atoms with Crippen molar-refractivity contribution >= 4 is 29.9 Å². The molecule has 144 valence electrons. The van der Waals surface area contributed by atoms with Crippen LogP contribution in [-0.2, 0) is 10.2 Å². The molecule has 1 aliphatic heterocycles. The van der Waals surface area contributed by atoms with Gasteiger partial charge in [-0.05, 0) is 43.4 Å². The number of aliphatic imine (C=N–C) groups is 1. The Kier molecular flexibility index (Phi) is 8.21. The third-order valence-electron chi connectivity index (χ3n) is 5.32. The van der Waals surface area contributed by atoms with Crippen LogP contribution in [0.3, 0.4) is 0 Å². The van der Waals surface area contributed by atoms with E-state index in [1.807, 2.05) is 19.2 Å². The summed E-state index contributed by atoms with van der Waals surface area (Å²) in [5.41, 5.74) is 1.40. The Balaban J connectivity index is 0.00000243. The lowest BCUT2D eigenvalue weighted by atomic mass is 9.74. The normalized spacial score (nSPS) is 19.7. The third kappa shape index (κ3) is 5.13. The van der Waals surface area contributed by atoms with Crippen LogP contribution in [0.2, 0.25) is 0 Å². The van der Waals surface area contributed by atoms with Gasteiger partial charge in [-0.3, -0.25) is 4.99 Å². The Morgan fingerprint density at radius 3 is 2.42 bits per heavy atom. The Morgan fingerprint density at radius 2 is 1.85 bits per heavy atom. The Bertz CT molecular complexity index is 602. The van der Waals surface area contributed by atoms with Crippen LogP contribution in [0.4, 0.5) is 0 Å². The molecule has 1 fully saturated rings. The summed E-state index contributed by atoms with van der Waals surface area (Å²) >= 11 is 0. The lowest BCUT2D eigenvalue weighted by molar-refractivity contribution is 0.0513. The van der Waals surface area contributed by atoms with Crippen molar-refractivity contribution in [2.45, 2.75) is 37.1 Å². The van der Waals surface area contributed by atoms with E-state index in [0.29, 0.717) is 6.04 Å². The summed E-state index contributed by atoms with van der Waals surface area (Å²) in [6.07, 6.45) is 8.60. The van der Waals surface area contributed by atoms with Crippen molar-refractivity contribution in [3.63, 3.8) is 0 Å². The molecule has 1 saturated heterocycles. The van der Waals surface area contributed by atoms with Crippen molar-refractivity contribution in [3.8, 4) is 5.75 Å². The van der Waals surface area contributed by atoms with Crippen LogP contribution < -0.4 is 15.4 Å². The molecule has 0 atom stereocenters. The number of benzene rings is 1. The molecule has 1 aliphatic carbocycles. The number of ether oxygens (including phenoxy) is 2. The highest BCUT2D eigenvalue weighted by Crippen LogP contribution is 2.35. The minimum Gasteiger partial charge on any atom is -0.497 e. The molecule has 0 bridgehead atoms. The number of rotatable bonds is 5. The van der Waals surface area contributed by atoms with Gasteiger partial charge in [-0.15, -0.1) is 24.0 Å². The number of hydrogen-bond acceptors (Lipinski definition) is 3. The lowest BCUT2D eigenvalue weighted by Crippen LogP contribution is -2.49. The lowest BCUT2D eigenvalue weighted by Gasteiger charge is -2.38. The van der Waals surface area contributed by atoms with Crippen molar-refractivity contribution in [3.05, 3.63) is 42.0 Å². The zero-order valence-electron chi connectivity index (χ0n) is 15.7. The monoisotopic (exact) mass is 471 g/mol. The van der Waals surface area contributed by atoms with E-state index in [1.165, 1.54) is 5.56 Å². The van der Waals surface area contributed by atoms with Crippen molar-refractivity contribution in [2.24, 2.45) is 4.99 Å². The summed E-state index contributed by atoms with van der Waals surface area (Å²) in [5, 5.41) is 7.08. The van der Waals surface area contributed by atoms with Gasteiger partial charge in [0.15, 0.2) is 5.96 Å². The molecule has 6 heteroatoms. The number of methoxy groups -OCH3 is 1. The molecule has 0 aromatic heterocycles. The fourth-order valence-electron chi connectivity index (χ4n) is 3.65. The molecule has 2 aliphatic rings. The van der Waals surface area contributed by atoms with Crippen molar-refractivity contribution in [1.29, 1.82) is 0 Å². The average Bonchev–Trinajstić information content (AvgIpc) is 3.19. The van der Waals surface area contributed by atoms with Gasteiger partial charge in [-0.1, -0.05) is 24.3 Å². The first-order valence-electron chi connectivity index (χ1n) is 9.10. The van der Waals surface area contributed by atoms with Gasteiger partial charge < -0.3 is 20.1 Å². The van der Waals surface area contributed by atoms with Crippen LogP contribution in [0.5, 0.6) is 5.75 Å². The van der Waals surface area contributed by atoms with Crippen molar-refractivity contribution in [1.82, 2.24) is 10.6 Å². The molecule has 1 aromatic carbocycles. The molecule has 5 nitrogen and oxygen atoms in total. The van der Waals surface area contributed by atoms with E-state index < -0.39 is 0 Å². The maximum atomic E-state index is 5.63. The zero-order valence-corrected chi connectivity index (χ0v) is 18.0. The second-order valence-corrected chi connectivity index (χ2v) is 6.83. The minimum atomic E-state index is 0. The van der Waals surface area contributed by atoms with Crippen molar-refractivity contribution < 1.29 is 9.47 Å². The van der Waals surface area contributed by atoms with E-state index in [1.54, 1.807) is 7.11 Å². The average molecular weight is 471 g/mol. The maximum absolute atomic E-state index is 5.63. The molecule has 1 aromatic rings. The van der Waals surface area contributed by atoms with E-state index >= 15 is 0 Å². The molecule has 3 rings (SSSR count). The number of hydrogen-bond donors (Lipinski definition) is 2. The van der Waals surface area contributed by atoms with E-state index in [0.717, 1.165) is 57.2 Å². The Labute approximate surface area is 173 Å².